The van der Waals surface area contributed by atoms with Gasteiger partial charge in [-0.2, -0.15) is 4.31 Å². The molecule has 29 heavy (non-hydrogen) atoms. The lowest BCUT2D eigenvalue weighted by atomic mass is 10.1. The highest BCUT2D eigenvalue weighted by atomic mass is 32.2. The number of carbonyl (C=O) groups excluding carboxylic acids is 1. The van der Waals surface area contributed by atoms with Crippen molar-refractivity contribution in [3.05, 3.63) is 18.2 Å². The number of carbonyl (C=O) groups is 1. The molecular weight excluding hydrogens is 388 g/mol. The van der Waals surface area contributed by atoms with Gasteiger partial charge in [0.15, 0.2) is 0 Å². The number of benzene rings is 1. The van der Waals surface area contributed by atoms with E-state index in [1.807, 2.05) is 33.8 Å². The molecule has 1 amide bonds. The van der Waals surface area contributed by atoms with Crippen molar-refractivity contribution in [2.45, 2.75) is 45.9 Å². The van der Waals surface area contributed by atoms with Gasteiger partial charge in [0.05, 0.1) is 16.3 Å². The van der Waals surface area contributed by atoms with Gasteiger partial charge in [-0.1, -0.05) is 34.6 Å². The standard InChI is InChI=1S/C21H36N4O3S/c1-6-23-11-13-24(14-12-23)20-10-9-18(29(27,28)25(7-2)8-3)16-19(20)22-21(26)15-17(4)5/h9-10,16-17H,6-8,11-15H2,1-5H3,(H,22,26). The maximum absolute atomic E-state index is 13.0. The molecule has 2 rings (SSSR count). The summed E-state index contributed by atoms with van der Waals surface area (Å²) in [5.41, 5.74) is 1.46. The van der Waals surface area contributed by atoms with Gasteiger partial charge in [-0.15, -0.1) is 0 Å². The Hall–Kier alpha value is -1.64. The molecule has 0 aliphatic carbocycles. The van der Waals surface area contributed by atoms with Crippen LogP contribution in [0.1, 0.15) is 41.0 Å². The summed E-state index contributed by atoms with van der Waals surface area (Å²) in [5, 5.41) is 2.97. The molecule has 164 valence electrons. The average Bonchev–Trinajstić information content (AvgIpc) is 2.68. The van der Waals surface area contributed by atoms with Crippen LogP contribution in [-0.4, -0.2) is 69.3 Å². The summed E-state index contributed by atoms with van der Waals surface area (Å²) in [6.07, 6.45) is 0.399. The minimum Gasteiger partial charge on any atom is -0.367 e. The van der Waals surface area contributed by atoms with Gasteiger partial charge in [0, 0.05) is 45.7 Å². The number of hydrogen-bond donors (Lipinski definition) is 1. The van der Waals surface area contributed by atoms with Crippen LogP contribution in [0.4, 0.5) is 11.4 Å². The molecule has 0 spiro atoms. The van der Waals surface area contributed by atoms with Crippen LogP contribution in [-0.2, 0) is 14.8 Å². The molecule has 0 saturated carbocycles. The van der Waals surface area contributed by atoms with E-state index in [-0.39, 0.29) is 16.7 Å². The SMILES string of the molecule is CCN1CCN(c2ccc(S(=O)(=O)N(CC)CC)cc2NC(=O)CC(C)C)CC1. The van der Waals surface area contributed by atoms with Gasteiger partial charge in [0.2, 0.25) is 15.9 Å². The van der Waals surface area contributed by atoms with Crippen molar-refractivity contribution < 1.29 is 13.2 Å². The van der Waals surface area contributed by atoms with E-state index >= 15 is 0 Å². The normalized spacial score (nSPS) is 15.9. The van der Waals surface area contributed by atoms with E-state index in [1.54, 1.807) is 12.1 Å². The molecule has 0 atom stereocenters. The molecule has 8 heteroatoms. The zero-order valence-electron chi connectivity index (χ0n) is 18.4. The maximum Gasteiger partial charge on any atom is 0.243 e. The first-order valence-corrected chi connectivity index (χ1v) is 12.1. The van der Waals surface area contributed by atoms with E-state index in [0.717, 1.165) is 38.4 Å². The van der Waals surface area contributed by atoms with Crippen LogP contribution in [0.3, 0.4) is 0 Å². The molecule has 1 saturated heterocycles. The summed E-state index contributed by atoms with van der Waals surface area (Å²) >= 11 is 0. The molecule has 7 nitrogen and oxygen atoms in total. The smallest absolute Gasteiger partial charge is 0.243 e. The number of piperazine rings is 1. The second-order valence-corrected chi connectivity index (χ2v) is 9.77. The van der Waals surface area contributed by atoms with Crippen molar-refractivity contribution >= 4 is 27.3 Å². The Balaban J connectivity index is 2.39. The van der Waals surface area contributed by atoms with Gasteiger partial charge in [-0.3, -0.25) is 4.79 Å². The third-order valence-corrected chi connectivity index (χ3v) is 7.39. The van der Waals surface area contributed by atoms with Crippen molar-refractivity contribution in [3.8, 4) is 0 Å². The summed E-state index contributed by atoms with van der Waals surface area (Å²) in [5.74, 6) is 0.139. The number of likely N-dealkylation sites (N-methyl/N-ethyl adjacent to an activating group) is 1. The van der Waals surface area contributed by atoms with Crippen LogP contribution in [0.5, 0.6) is 0 Å². The Morgan fingerprint density at radius 3 is 2.24 bits per heavy atom. The van der Waals surface area contributed by atoms with Gasteiger partial charge >= 0.3 is 0 Å². The van der Waals surface area contributed by atoms with Gasteiger partial charge < -0.3 is 15.1 Å². The quantitative estimate of drug-likeness (QED) is 0.660. The third kappa shape index (κ3) is 5.93. The molecule has 0 unspecified atom stereocenters. The Morgan fingerprint density at radius 2 is 1.72 bits per heavy atom. The molecule has 1 fully saturated rings. The Kier molecular flexibility index (Phi) is 8.48. The molecular formula is C21H36N4O3S. The zero-order chi connectivity index (χ0) is 21.6. The second kappa shape index (κ2) is 10.4. The summed E-state index contributed by atoms with van der Waals surface area (Å²) < 4.78 is 27.4. The van der Waals surface area contributed by atoms with Crippen molar-refractivity contribution in [3.63, 3.8) is 0 Å². The van der Waals surface area contributed by atoms with E-state index in [2.05, 4.69) is 22.0 Å². The highest BCUT2D eigenvalue weighted by Crippen LogP contribution is 2.31. The fraction of sp³-hybridized carbons (Fsp3) is 0.667. The van der Waals surface area contributed by atoms with Crippen LogP contribution in [0.15, 0.2) is 23.1 Å². The minimum absolute atomic E-state index is 0.0918. The van der Waals surface area contributed by atoms with Crippen LogP contribution in [0.2, 0.25) is 0 Å². The first kappa shape index (κ1) is 23.6. The zero-order valence-corrected chi connectivity index (χ0v) is 19.3. The van der Waals surface area contributed by atoms with E-state index in [9.17, 15) is 13.2 Å². The number of hydrogen-bond acceptors (Lipinski definition) is 5. The number of amides is 1. The first-order chi connectivity index (χ1) is 13.7. The van der Waals surface area contributed by atoms with Gasteiger partial charge in [0.1, 0.15) is 0 Å². The number of anilines is 2. The number of sulfonamides is 1. The molecule has 1 aliphatic heterocycles. The Bertz CT molecular complexity index is 783. The minimum atomic E-state index is -3.59. The molecule has 1 heterocycles. The van der Waals surface area contributed by atoms with Crippen LogP contribution in [0, 0.1) is 5.92 Å². The molecule has 1 N–H and O–H groups in total. The number of rotatable bonds is 9. The lowest BCUT2D eigenvalue weighted by molar-refractivity contribution is -0.116. The number of nitrogens with one attached hydrogen (secondary N) is 1. The summed E-state index contributed by atoms with van der Waals surface area (Å²) in [4.78, 5) is 17.3. The van der Waals surface area contributed by atoms with Crippen LogP contribution < -0.4 is 10.2 Å². The molecule has 1 aliphatic rings. The summed E-state index contributed by atoms with van der Waals surface area (Å²) in [7, 11) is -3.59. The molecule has 0 bridgehead atoms. The average molecular weight is 425 g/mol. The van der Waals surface area contributed by atoms with Crippen molar-refractivity contribution in [1.29, 1.82) is 0 Å². The van der Waals surface area contributed by atoms with E-state index in [1.165, 1.54) is 4.31 Å². The van der Waals surface area contributed by atoms with Gasteiger partial charge in [-0.05, 0) is 30.7 Å². The van der Waals surface area contributed by atoms with Crippen LogP contribution in [0.25, 0.3) is 0 Å². The Morgan fingerprint density at radius 1 is 1.10 bits per heavy atom. The molecule has 0 radical (unpaired) electrons. The number of nitrogens with zero attached hydrogens (tertiary/aromatic N) is 3. The third-order valence-electron chi connectivity index (χ3n) is 5.34. The molecule has 1 aromatic carbocycles. The van der Waals surface area contributed by atoms with E-state index in [0.29, 0.717) is 25.2 Å². The molecule has 0 aromatic heterocycles. The second-order valence-electron chi connectivity index (χ2n) is 7.84. The van der Waals surface area contributed by atoms with Crippen molar-refractivity contribution in [2.75, 3.05) is 56.0 Å². The first-order valence-electron chi connectivity index (χ1n) is 10.6. The topological polar surface area (TPSA) is 73.0 Å². The fourth-order valence-electron chi connectivity index (χ4n) is 3.64. The lowest BCUT2D eigenvalue weighted by Crippen LogP contribution is -2.46. The highest BCUT2D eigenvalue weighted by Gasteiger charge is 2.25. The monoisotopic (exact) mass is 424 g/mol. The predicted octanol–water partition coefficient (Wildman–Crippen LogP) is 2.84. The summed E-state index contributed by atoms with van der Waals surface area (Å²) in [6.45, 7) is 15.2. The lowest BCUT2D eigenvalue weighted by Gasteiger charge is -2.36. The van der Waals surface area contributed by atoms with Crippen molar-refractivity contribution in [1.82, 2.24) is 9.21 Å². The largest absolute Gasteiger partial charge is 0.367 e. The fourth-order valence-corrected chi connectivity index (χ4v) is 5.13. The maximum atomic E-state index is 13.0. The van der Waals surface area contributed by atoms with E-state index in [4.69, 9.17) is 0 Å². The van der Waals surface area contributed by atoms with Gasteiger partial charge in [0.25, 0.3) is 0 Å². The summed E-state index contributed by atoms with van der Waals surface area (Å²) in [6, 6.07) is 5.11. The predicted molar refractivity (Wildman–Crippen MR) is 119 cm³/mol. The van der Waals surface area contributed by atoms with Gasteiger partial charge in [-0.25, -0.2) is 8.42 Å². The van der Waals surface area contributed by atoms with E-state index < -0.39 is 10.0 Å². The Labute approximate surface area is 176 Å². The highest BCUT2D eigenvalue weighted by molar-refractivity contribution is 7.89. The van der Waals surface area contributed by atoms with Crippen molar-refractivity contribution in [2.24, 2.45) is 5.92 Å². The van der Waals surface area contributed by atoms with Crippen LogP contribution >= 0.6 is 0 Å². The molecule has 1 aromatic rings.